The first-order chi connectivity index (χ1) is 18.6. The standard InChI is InChI=1S/C34H29F3NP/c1-22-11-9-14-27(17-22)31-20-29(21-32(24(31)3)28-15-10-16-30(19-28)34(35,36)37)25(4)38-33(18-23(2)39-5)26-12-7-6-8-13-26/h6-21H,4-5H2,1-3H3/b23-18+,38-33?. The van der Waals surface area contributed by atoms with Crippen LogP contribution in [0.4, 0.5) is 13.2 Å². The molecule has 0 aliphatic carbocycles. The minimum absolute atomic E-state index is 0.490. The van der Waals surface area contributed by atoms with Crippen LogP contribution in [0, 0.1) is 13.8 Å². The first-order valence-corrected chi connectivity index (χ1v) is 13.5. The van der Waals surface area contributed by atoms with Gasteiger partial charge in [-0.2, -0.15) is 13.2 Å². The van der Waals surface area contributed by atoms with Gasteiger partial charge in [-0.15, -0.1) is 0 Å². The maximum absolute atomic E-state index is 13.6. The van der Waals surface area contributed by atoms with E-state index >= 15 is 0 Å². The van der Waals surface area contributed by atoms with E-state index in [4.69, 9.17) is 4.99 Å². The molecule has 1 nitrogen and oxygen atoms in total. The van der Waals surface area contributed by atoms with Gasteiger partial charge in [0.1, 0.15) is 0 Å². The summed E-state index contributed by atoms with van der Waals surface area (Å²) >= 11 is 0. The van der Waals surface area contributed by atoms with Gasteiger partial charge in [-0.25, -0.2) is 4.99 Å². The summed E-state index contributed by atoms with van der Waals surface area (Å²) in [6.07, 6.45) is 1.50. The summed E-state index contributed by atoms with van der Waals surface area (Å²) < 4.78 is 40.7. The smallest absolute Gasteiger partial charge is 0.248 e. The van der Waals surface area contributed by atoms with Gasteiger partial charge in [-0.05, 0) is 84.2 Å². The minimum Gasteiger partial charge on any atom is -0.248 e. The van der Waals surface area contributed by atoms with Gasteiger partial charge in [-0.3, -0.25) is 0 Å². The summed E-state index contributed by atoms with van der Waals surface area (Å²) in [6.45, 7) is 10.2. The quantitative estimate of drug-likeness (QED) is 0.164. The second kappa shape index (κ2) is 11.8. The van der Waals surface area contributed by atoms with Crippen LogP contribution < -0.4 is 0 Å². The summed E-state index contributed by atoms with van der Waals surface area (Å²) in [5.41, 5.74) is 7.32. The van der Waals surface area contributed by atoms with Crippen LogP contribution >= 0.6 is 8.20 Å². The molecule has 0 bridgehead atoms. The largest absolute Gasteiger partial charge is 0.416 e. The van der Waals surface area contributed by atoms with Gasteiger partial charge in [0.15, 0.2) is 0 Å². The van der Waals surface area contributed by atoms with Gasteiger partial charge < -0.3 is 0 Å². The Morgan fingerprint density at radius 3 is 2.00 bits per heavy atom. The van der Waals surface area contributed by atoms with E-state index in [0.29, 0.717) is 16.8 Å². The first-order valence-electron chi connectivity index (χ1n) is 12.4. The summed E-state index contributed by atoms with van der Waals surface area (Å²) in [6, 6.07) is 27.2. The number of benzene rings is 4. The second-order valence-corrected chi connectivity index (χ2v) is 10.4. The zero-order valence-corrected chi connectivity index (χ0v) is 23.1. The summed E-state index contributed by atoms with van der Waals surface area (Å²) in [4.78, 5) is 4.91. The Morgan fingerprint density at radius 2 is 1.41 bits per heavy atom. The lowest BCUT2D eigenvalue weighted by molar-refractivity contribution is -0.137. The highest BCUT2D eigenvalue weighted by molar-refractivity contribution is 7.41. The Labute approximate surface area is 229 Å². The fraction of sp³-hybridized carbons (Fsp3) is 0.118. The Balaban J connectivity index is 1.94. The normalized spacial score (nSPS) is 12.6. The molecule has 0 spiro atoms. The third kappa shape index (κ3) is 6.71. The molecule has 196 valence electrons. The highest BCUT2D eigenvalue weighted by Gasteiger charge is 2.30. The minimum atomic E-state index is -4.43. The van der Waals surface area contributed by atoms with Gasteiger partial charge in [0, 0.05) is 11.1 Å². The SMILES string of the molecule is C=P/C(C)=C/C(=NC(=C)c1cc(-c2cccc(C)c2)c(C)c(-c2cccc(C(F)(F)F)c2)c1)c1ccccc1. The number of nitrogens with zero attached hydrogens (tertiary/aromatic N) is 1. The van der Waals surface area contributed by atoms with Crippen LogP contribution in [0.25, 0.3) is 28.0 Å². The summed E-state index contributed by atoms with van der Waals surface area (Å²) in [7, 11) is 0.888. The second-order valence-electron chi connectivity index (χ2n) is 9.40. The van der Waals surface area contributed by atoms with E-state index < -0.39 is 11.7 Å². The fourth-order valence-electron chi connectivity index (χ4n) is 4.40. The number of halogens is 3. The van der Waals surface area contributed by atoms with Gasteiger partial charge in [0.25, 0.3) is 0 Å². The van der Waals surface area contributed by atoms with E-state index in [9.17, 15) is 13.2 Å². The van der Waals surface area contributed by atoms with Crippen molar-refractivity contribution < 1.29 is 13.2 Å². The molecule has 0 atom stereocenters. The van der Waals surface area contributed by atoms with Crippen LogP contribution in [0.15, 0.2) is 114 Å². The van der Waals surface area contributed by atoms with Gasteiger partial charge in [-0.1, -0.05) is 93.4 Å². The van der Waals surface area contributed by atoms with Crippen LogP contribution in [0.5, 0.6) is 0 Å². The molecule has 4 aromatic carbocycles. The maximum Gasteiger partial charge on any atom is 0.416 e. The molecule has 0 radical (unpaired) electrons. The molecule has 4 rings (SSSR count). The molecule has 5 heteroatoms. The molecular weight excluding hydrogens is 510 g/mol. The van der Waals surface area contributed by atoms with Crippen molar-refractivity contribution in [2.45, 2.75) is 26.9 Å². The predicted octanol–water partition coefficient (Wildman–Crippen LogP) is 10.4. The van der Waals surface area contributed by atoms with Crippen molar-refractivity contribution in [1.29, 1.82) is 0 Å². The fourth-order valence-corrected chi connectivity index (χ4v) is 4.61. The van der Waals surface area contributed by atoms with E-state index in [1.807, 2.05) is 87.5 Å². The zero-order chi connectivity index (χ0) is 28.2. The van der Waals surface area contributed by atoms with E-state index in [1.54, 1.807) is 6.07 Å². The molecule has 0 aromatic heterocycles. The summed E-state index contributed by atoms with van der Waals surface area (Å²) in [5.74, 6) is 0. The number of allylic oxidation sites excluding steroid dienone is 2. The lowest BCUT2D eigenvalue weighted by atomic mass is 9.89. The van der Waals surface area contributed by atoms with Crippen molar-refractivity contribution in [3.8, 4) is 22.3 Å². The first kappa shape index (κ1) is 28.0. The van der Waals surface area contributed by atoms with Crippen LogP contribution in [-0.2, 0) is 6.18 Å². The molecule has 0 N–H and O–H groups in total. The molecular formula is C34H29F3NP. The molecule has 0 aliphatic rings. The van der Waals surface area contributed by atoms with Crippen LogP contribution in [0.2, 0.25) is 0 Å². The number of aliphatic imine (C=N–C) groups is 1. The number of alkyl halides is 3. The van der Waals surface area contributed by atoms with Crippen molar-refractivity contribution in [3.63, 3.8) is 0 Å². The van der Waals surface area contributed by atoms with Gasteiger partial charge in [0.05, 0.1) is 17.0 Å². The average Bonchev–Trinajstić information content (AvgIpc) is 2.92. The highest BCUT2D eigenvalue weighted by Crippen LogP contribution is 2.38. The maximum atomic E-state index is 13.6. The van der Waals surface area contributed by atoms with Gasteiger partial charge >= 0.3 is 6.18 Å². The topological polar surface area (TPSA) is 12.4 Å². The monoisotopic (exact) mass is 539 g/mol. The van der Waals surface area contributed by atoms with Crippen molar-refractivity contribution in [1.82, 2.24) is 0 Å². The number of aryl methyl sites for hydroxylation is 1. The predicted molar refractivity (Wildman–Crippen MR) is 162 cm³/mol. The van der Waals surface area contributed by atoms with E-state index in [2.05, 4.69) is 18.9 Å². The lowest BCUT2D eigenvalue weighted by Crippen LogP contribution is -2.04. The molecule has 0 aliphatic heterocycles. The molecule has 0 saturated carbocycles. The van der Waals surface area contributed by atoms with E-state index in [0.717, 1.165) is 58.7 Å². The molecule has 4 aromatic rings. The van der Waals surface area contributed by atoms with Crippen molar-refractivity contribution in [2.24, 2.45) is 4.99 Å². The molecule has 0 unspecified atom stereocenters. The third-order valence-electron chi connectivity index (χ3n) is 6.49. The van der Waals surface area contributed by atoms with E-state index in [1.165, 1.54) is 12.1 Å². The number of rotatable bonds is 7. The zero-order valence-electron chi connectivity index (χ0n) is 22.2. The molecule has 0 heterocycles. The number of hydrogen-bond acceptors (Lipinski definition) is 1. The summed E-state index contributed by atoms with van der Waals surface area (Å²) in [5, 5.41) is 1.04. The molecule has 0 fully saturated rings. The third-order valence-corrected chi connectivity index (χ3v) is 7.12. The van der Waals surface area contributed by atoms with Crippen LogP contribution in [0.1, 0.15) is 34.7 Å². The van der Waals surface area contributed by atoms with Crippen LogP contribution in [-0.4, -0.2) is 12.0 Å². The highest BCUT2D eigenvalue weighted by atomic mass is 31.1. The average molecular weight is 540 g/mol. The molecule has 0 saturated heterocycles. The Bertz CT molecular complexity index is 1590. The lowest BCUT2D eigenvalue weighted by Gasteiger charge is -2.17. The van der Waals surface area contributed by atoms with Crippen molar-refractivity contribution >= 4 is 25.9 Å². The van der Waals surface area contributed by atoms with E-state index in [-0.39, 0.29) is 0 Å². The molecule has 0 amide bonds. The Hall–Kier alpha value is -4.01. The number of hydrogen-bond donors (Lipinski definition) is 0. The van der Waals surface area contributed by atoms with Crippen LogP contribution in [0.3, 0.4) is 0 Å². The van der Waals surface area contributed by atoms with Gasteiger partial charge in [0.2, 0.25) is 0 Å². The Kier molecular flexibility index (Phi) is 8.47. The van der Waals surface area contributed by atoms with Crippen molar-refractivity contribution in [2.75, 3.05) is 0 Å². The Morgan fingerprint density at radius 1 is 0.795 bits per heavy atom. The van der Waals surface area contributed by atoms with Crippen molar-refractivity contribution in [3.05, 3.63) is 137 Å². The molecule has 39 heavy (non-hydrogen) atoms.